The van der Waals surface area contributed by atoms with E-state index in [4.69, 9.17) is 5.11 Å². The maximum Gasteiger partial charge on any atom is 0.134 e. The first kappa shape index (κ1) is 14.3. The van der Waals surface area contributed by atoms with Gasteiger partial charge in [-0.1, -0.05) is 30.9 Å². The van der Waals surface area contributed by atoms with Crippen LogP contribution in [0.15, 0.2) is 12.2 Å². The summed E-state index contributed by atoms with van der Waals surface area (Å²) in [6.07, 6.45) is 9.43. The Labute approximate surface area is 104 Å². The molecule has 1 aliphatic rings. The van der Waals surface area contributed by atoms with Crippen LogP contribution in [0.2, 0.25) is 21.1 Å². The number of aliphatic hydroxyl groups excluding tert-OH is 1. The van der Waals surface area contributed by atoms with Gasteiger partial charge in [-0.3, -0.25) is 0 Å². The molecule has 0 amide bonds. The first-order valence-corrected chi connectivity index (χ1v) is 10.5. The molecule has 1 N–H and O–H groups in total. The van der Waals surface area contributed by atoms with Crippen molar-refractivity contribution in [3.63, 3.8) is 0 Å². The normalized spacial score (nSPS) is 24.3. The molecule has 2 heteroatoms. The monoisotopic (exact) mass is 239 g/mol. The van der Waals surface area contributed by atoms with E-state index in [1.807, 2.05) is 6.08 Å². The summed E-state index contributed by atoms with van der Waals surface area (Å²) in [6, 6.07) is 0. The first-order chi connectivity index (χ1) is 7.76. The quantitative estimate of drug-likeness (QED) is 0.401. The van der Waals surface area contributed by atoms with E-state index >= 15 is 0 Å². The SMILES string of the molecule is C[CH2][Al-]1([CH2]C)[CH2]CC(CCC/C=C/CO)[CH2]1. The third kappa shape index (κ3) is 4.24. The van der Waals surface area contributed by atoms with Crippen molar-refractivity contribution in [2.75, 3.05) is 6.61 Å². The molecule has 0 spiro atoms. The lowest BCUT2D eigenvalue weighted by molar-refractivity contribution is 0.342. The fourth-order valence-corrected chi connectivity index (χ4v) is 8.90. The summed E-state index contributed by atoms with van der Waals surface area (Å²) in [5, 5.41) is 14.9. The van der Waals surface area contributed by atoms with Gasteiger partial charge >= 0.3 is 0 Å². The minimum Gasteiger partial charge on any atom is -0.392 e. The van der Waals surface area contributed by atoms with Crippen LogP contribution in [0, 0.1) is 5.92 Å². The third-order valence-corrected chi connectivity index (χ3v) is 11.7. The summed E-state index contributed by atoms with van der Waals surface area (Å²) in [4.78, 5) is 0. The average Bonchev–Trinajstić information content (AvgIpc) is 2.73. The summed E-state index contributed by atoms with van der Waals surface area (Å²) in [6.45, 7) is 5.06. The Hall–Kier alpha value is 0.232. The zero-order chi connectivity index (χ0) is 11.9. The van der Waals surface area contributed by atoms with Crippen LogP contribution in [-0.4, -0.2) is 24.8 Å². The summed E-state index contributed by atoms with van der Waals surface area (Å²) < 4.78 is 0. The number of hydrogen-bond donors (Lipinski definition) is 1. The first-order valence-electron chi connectivity index (χ1n) is 7.24. The van der Waals surface area contributed by atoms with Crippen LogP contribution in [0.25, 0.3) is 0 Å². The lowest BCUT2D eigenvalue weighted by Gasteiger charge is -2.27. The van der Waals surface area contributed by atoms with Gasteiger partial charge in [-0.05, 0) is 12.8 Å². The Morgan fingerprint density at radius 3 is 2.56 bits per heavy atom. The number of rotatable bonds is 7. The van der Waals surface area contributed by atoms with E-state index < -0.39 is 13.1 Å². The van der Waals surface area contributed by atoms with Crippen molar-refractivity contribution in [2.24, 2.45) is 5.92 Å². The Morgan fingerprint density at radius 2 is 2.00 bits per heavy atom. The van der Waals surface area contributed by atoms with Crippen molar-refractivity contribution < 1.29 is 5.11 Å². The van der Waals surface area contributed by atoms with Gasteiger partial charge in [-0.2, -0.15) is 21.1 Å². The molecule has 0 aromatic carbocycles. The molecule has 1 saturated heterocycles. The van der Waals surface area contributed by atoms with E-state index in [1.54, 1.807) is 10.6 Å². The number of unbranched alkanes of at least 4 members (excludes halogenated alkanes) is 1. The zero-order valence-corrected chi connectivity index (χ0v) is 12.3. The van der Waals surface area contributed by atoms with Gasteiger partial charge in [0.15, 0.2) is 0 Å². The molecular formula is C14H28AlO-. The highest BCUT2D eigenvalue weighted by Gasteiger charge is 2.33. The molecule has 1 rings (SSSR count). The third-order valence-electron chi connectivity index (χ3n) is 5.01. The van der Waals surface area contributed by atoms with E-state index in [0.29, 0.717) is 0 Å². The second kappa shape index (κ2) is 7.54. The van der Waals surface area contributed by atoms with E-state index in [0.717, 1.165) is 12.3 Å². The summed E-state index contributed by atoms with van der Waals surface area (Å²) >= 11 is -1.07. The lowest BCUT2D eigenvalue weighted by atomic mass is 10.0. The summed E-state index contributed by atoms with van der Waals surface area (Å²) in [5.74, 6) is 1.05. The van der Waals surface area contributed by atoms with Crippen LogP contribution in [0.1, 0.15) is 39.5 Å². The second-order valence-corrected chi connectivity index (χ2v) is 12.0. The molecule has 0 bridgehead atoms. The lowest BCUT2D eigenvalue weighted by Crippen LogP contribution is -2.27. The van der Waals surface area contributed by atoms with Gasteiger partial charge in [0, 0.05) is 0 Å². The van der Waals surface area contributed by atoms with Crippen LogP contribution >= 0.6 is 0 Å². The number of allylic oxidation sites excluding steroid dienone is 1. The zero-order valence-electron chi connectivity index (χ0n) is 11.1. The molecule has 1 aliphatic heterocycles. The van der Waals surface area contributed by atoms with Crippen molar-refractivity contribution in [1.29, 1.82) is 0 Å². The van der Waals surface area contributed by atoms with Crippen LogP contribution in [0.3, 0.4) is 0 Å². The second-order valence-electron chi connectivity index (χ2n) is 5.81. The molecule has 0 aromatic rings. The molecular weight excluding hydrogens is 211 g/mol. The van der Waals surface area contributed by atoms with Crippen molar-refractivity contribution in [1.82, 2.24) is 0 Å². The maximum atomic E-state index is 8.63. The highest BCUT2D eigenvalue weighted by Crippen LogP contribution is 2.42. The Balaban J connectivity index is 2.18. The van der Waals surface area contributed by atoms with E-state index in [2.05, 4.69) is 19.9 Å². The van der Waals surface area contributed by atoms with E-state index in [1.165, 1.54) is 29.8 Å². The van der Waals surface area contributed by atoms with Crippen molar-refractivity contribution in [2.45, 2.75) is 60.7 Å². The number of hydrogen-bond acceptors (Lipinski definition) is 1. The van der Waals surface area contributed by atoms with E-state index in [9.17, 15) is 0 Å². The smallest absolute Gasteiger partial charge is 0.134 e. The van der Waals surface area contributed by atoms with Crippen LogP contribution in [0.5, 0.6) is 0 Å². The topological polar surface area (TPSA) is 20.2 Å². The molecule has 0 aromatic heterocycles. The predicted octanol–water partition coefficient (Wildman–Crippen LogP) is 4.21. The van der Waals surface area contributed by atoms with Gasteiger partial charge in [0.2, 0.25) is 0 Å². The van der Waals surface area contributed by atoms with Gasteiger partial charge in [-0.25, -0.2) is 0 Å². The van der Waals surface area contributed by atoms with Crippen molar-refractivity contribution in [3.8, 4) is 0 Å². The van der Waals surface area contributed by atoms with Gasteiger partial charge in [0.05, 0.1) is 6.61 Å². The Bertz CT molecular complexity index is 209. The minimum absolute atomic E-state index is 0.201. The van der Waals surface area contributed by atoms with Crippen molar-refractivity contribution >= 4 is 13.1 Å². The fourth-order valence-electron chi connectivity index (χ4n) is 3.54. The molecule has 1 atom stereocenters. The highest BCUT2D eigenvalue weighted by molar-refractivity contribution is 6.80. The average molecular weight is 239 g/mol. The summed E-state index contributed by atoms with van der Waals surface area (Å²) in [5.41, 5.74) is 0. The molecule has 94 valence electrons. The van der Waals surface area contributed by atoms with Gasteiger partial charge in [-0.15, -0.1) is 13.8 Å². The number of aliphatic hydroxyl groups is 1. The van der Waals surface area contributed by atoms with Crippen LogP contribution in [-0.2, 0) is 0 Å². The molecule has 1 unspecified atom stereocenters. The Morgan fingerprint density at radius 1 is 1.25 bits per heavy atom. The highest BCUT2D eigenvalue weighted by atomic mass is 27.2. The van der Waals surface area contributed by atoms with Gasteiger partial charge < -0.3 is 5.11 Å². The molecule has 0 aliphatic carbocycles. The molecule has 1 heterocycles. The van der Waals surface area contributed by atoms with Crippen molar-refractivity contribution in [3.05, 3.63) is 12.2 Å². The molecule has 16 heavy (non-hydrogen) atoms. The molecule has 0 radical (unpaired) electrons. The fraction of sp³-hybridized carbons (Fsp3) is 0.857. The summed E-state index contributed by atoms with van der Waals surface area (Å²) in [7, 11) is 0. The minimum atomic E-state index is -1.07. The van der Waals surface area contributed by atoms with Crippen LogP contribution < -0.4 is 0 Å². The maximum absolute atomic E-state index is 8.63. The van der Waals surface area contributed by atoms with Gasteiger partial charge in [0.1, 0.15) is 13.1 Å². The van der Waals surface area contributed by atoms with Crippen LogP contribution in [0.4, 0.5) is 0 Å². The van der Waals surface area contributed by atoms with E-state index in [-0.39, 0.29) is 6.61 Å². The Kier molecular flexibility index (Phi) is 6.73. The van der Waals surface area contributed by atoms with Gasteiger partial charge in [0.25, 0.3) is 0 Å². The molecule has 1 nitrogen and oxygen atoms in total. The molecule has 1 fully saturated rings. The largest absolute Gasteiger partial charge is 0.392 e. The predicted molar refractivity (Wildman–Crippen MR) is 74.5 cm³/mol. The molecule has 0 saturated carbocycles. The standard InChI is InChI=1S/C10H18O.2C2H5.Al/c1-3-10(2)8-6-4-5-7-9-11;2*1-2;/h5,7,10-11H,1-4,6,8-9H2;2*1H2,2H3;/q;;;-1/b7-5+;;;.